The van der Waals surface area contributed by atoms with Crippen molar-refractivity contribution in [1.82, 2.24) is 20.4 Å². The van der Waals surface area contributed by atoms with Crippen LogP contribution in [0, 0.1) is 0 Å². The molecular formula is C10H17N5OS. The first-order chi connectivity index (χ1) is 8.16. The normalized spacial score (nSPS) is 18.2. The molecule has 1 fully saturated rings. The lowest BCUT2D eigenvalue weighted by atomic mass is 10.3. The van der Waals surface area contributed by atoms with Crippen molar-refractivity contribution >= 4 is 22.4 Å². The van der Waals surface area contributed by atoms with Gasteiger partial charge in [0.2, 0.25) is 10.1 Å². The Kier molecular flexibility index (Phi) is 3.90. The number of nitrogens with two attached hydrogens (primary N) is 1. The van der Waals surface area contributed by atoms with Crippen LogP contribution in [0.4, 0.5) is 5.13 Å². The molecule has 0 aromatic carbocycles. The molecule has 3 N–H and O–H groups in total. The molecule has 0 spiro atoms. The summed E-state index contributed by atoms with van der Waals surface area (Å²) >= 11 is 1.11. The van der Waals surface area contributed by atoms with E-state index in [0.29, 0.717) is 22.7 Å². The monoisotopic (exact) mass is 255 g/mol. The molecule has 0 saturated carbocycles. The number of nitrogen functional groups attached to an aromatic ring is 1. The number of nitrogens with one attached hydrogen (secondary N) is 1. The molecule has 2 heterocycles. The lowest BCUT2D eigenvalue weighted by Gasteiger charge is -2.23. The van der Waals surface area contributed by atoms with Crippen molar-refractivity contribution < 1.29 is 4.79 Å². The van der Waals surface area contributed by atoms with Crippen LogP contribution in [0.15, 0.2) is 0 Å². The summed E-state index contributed by atoms with van der Waals surface area (Å²) in [5.41, 5.74) is 5.43. The predicted molar refractivity (Wildman–Crippen MR) is 66.9 cm³/mol. The Balaban J connectivity index is 1.79. The molecule has 1 aromatic rings. The minimum absolute atomic E-state index is 0.190. The van der Waals surface area contributed by atoms with Crippen LogP contribution in [0.1, 0.15) is 29.6 Å². The van der Waals surface area contributed by atoms with Gasteiger partial charge >= 0.3 is 0 Å². The zero-order valence-electron chi connectivity index (χ0n) is 9.85. The molecule has 1 saturated heterocycles. The van der Waals surface area contributed by atoms with Crippen molar-refractivity contribution in [2.45, 2.75) is 25.8 Å². The summed E-state index contributed by atoms with van der Waals surface area (Å²) in [4.78, 5) is 14.1. The molecule has 94 valence electrons. The molecule has 1 unspecified atom stereocenters. The Bertz CT molecular complexity index is 388. The minimum atomic E-state index is -0.190. The van der Waals surface area contributed by atoms with Crippen molar-refractivity contribution in [3.63, 3.8) is 0 Å². The highest BCUT2D eigenvalue weighted by Crippen LogP contribution is 2.12. The average molecular weight is 255 g/mol. The first kappa shape index (κ1) is 12.3. The summed E-state index contributed by atoms with van der Waals surface area (Å²) < 4.78 is 0. The number of hydrogen-bond donors (Lipinski definition) is 2. The van der Waals surface area contributed by atoms with Crippen LogP contribution in [-0.2, 0) is 0 Å². The highest BCUT2D eigenvalue weighted by molar-refractivity contribution is 7.16. The maximum absolute atomic E-state index is 11.7. The molecule has 0 aliphatic carbocycles. The molecule has 1 aromatic heterocycles. The van der Waals surface area contributed by atoms with Gasteiger partial charge in [0.25, 0.3) is 5.91 Å². The number of carbonyl (C=O) groups is 1. The number of hydrogen-bond acceptors (Lipinski definition) is 6. The van der Waals surface area contributed by atoms with E-state index >= 15 is 0 Å². The Morgan fingerprint density at radius 2 is 2.24 bits per heavy atom. The maximum atomic E-state index is 11.7. The van der Waals surface area contributed by atoms with E-state index in [9.17, 15) is 4.79 Å². The number of likely N-dealkylation sites (tertiary alicyclic amines) is 1. The molecule has 0 bridgehead atoms. The van der Waals surface area contributed by atoms with Crippen LogP contribution in [0.3, 0.4) is 0 Å². The molecule has 2 rings (SSSR count). The Labute approximate surface area is 104 Å². The molecule has 17 heavy (non-hydrogen) atoms. The van der Waals surface area contributed by atoms with E-state index < -0.39 is 0 Å². The van der Waals surface area contributed by atoms with Gasteiger partial charge in [0, 0.05) is 12.6 Å². The highest BCUT2D eigenvalue weighted by Gasteiger charge is 2.19. The van der Waals surface area contributed by atoms with Crippen LogP contribution in [0.2, 0.25) is 0 Å². The Hall–Kier alpha value is -1.21. The minimum Gasteiger partial charge on any atom is -0.374 e. The fourth-order valence-corrected chi connectivity index (χ4v) is 2.48. The zero-order chi connectivity index (χ0) is 12.3. The molecule has 0 radical (unpaired) electrons. The maximum Gasteiger partial charge on any atom is 0.282 e. The number of anilines is 1. The molecular weight excluding hydrogens is 238 g/mol. The van der Waals surface area contributed by atoms with E-state index in [1.54, 1.807) is 0 Å². The van der Waals surface area contributed by atoms with Crippen molar-refractivity contribution in [2.75, 3.05) is 25.4 Å². The van der Waals surface area contributed by atoms with E-state index in [1.807, 2.05) is 0 Å². The van der Waals surface area contributed by atoms with E-state index in [-0.39, 0.29) is 5.91 Å². The third-order valence-electron chi connectivity index (χ3n) is 2.96. The van der Waals surface area contributed by atoms with E-state index in [4.69, 9.17) is 5.73 Å². The lowest BCUT2D eigenvalue weighted by Crippen LogP contribution is -2.40. The van der Waals surface area contributed by atoms with Gasteiger partial charge in [0.05, 0.1) is 0 Å². The second-order valence-electron chi connectivity index (χ2n) is 4.25. The average Bonchev–Trinajstić information content (AvgIpc) is 2.95. The van der Waals surface area contributed by atoms with Crippen LogP contribution in [-0.4, -0.2) is 46.7 Å². The number of rotatable bonds is 4. The van der Waals surface area contributed by atoms with Crippen LogP contribution in [0.5, 0.6) is 0 Å². The van der Waals surface area contributed by atoms with Crippen molar-refractivity contribution in [2.24, 2.45) is 0 Å². The van der Waals surface area contributed by atoms with Crippen molar-refractivity contribution in [3.8, 4) is 0 Å². The third kappa shape index (κ3) is 3.13. The summed E-state index contributed by atoms with van der Waals surface area (Å²) in [7, 11) is 0. The van der Waals surface area contributed by atoms with Gasteiger partial charge in [-0.25, -0.2) is 0 Å². The molecule has 6 nitrogen and oxygen atoms in total. The molecule has 1 atom stereocenters. The number of amides is 1. The summed E-state index contributed by atoms with van der Waals surface area (Å²) in [6.45, 7) is 5.02. The second-order valence-corrected chi connectivity index (χ2v) is 5.26. The summed E-state index contributed by atoms with van der Waals surface area (Å²) in [6, 6.07) is 0.367. The van der Waals surface area contributed by atoms with Crippen LogP contribution >= 0.6 is 11.3 Å². The molecule has 1 amide bonds. The fourth-order valence-electron chi connectivity index (χ4n) is 1.95. The van der Waals surface area contributed by atoms with Crippen molar-refractivity contribution in [3.05, 3.63) is 5.01 Å². The van der Waals surface area contributed by atoms with E-state index in [0.717, 1.165) is 24.4 Å². The van der Waals surface area contributed by atoms with E-state index in [2.05, 4.69) is 27.3 Å². The summed E-state index contributed by atoms with van der Waals surface area (Å²) in [5.74, 6) is -0.190. The van der Waals surface area contributed by atoms with Crippen LogP contribution < -0.4 is 11.1 Å². The van der Waals surface area contributed by atoms with Gasteiger partial charge in [-0.3, -0.25) is 9.69 Å². The van der Waals surface area contributed by atoms with Gasteiger partial charge in [0.1, 0.15) is 0 Å². The Morgan fingerprint density at radius 1 is 1.53 bits per heavy atom. The number of nitrogens with zero attached hydrogens (tertiary/aromatic N) is 3. The first-order valence-electron chi connectivity index (χ1n) is 5.78. The van der Waals surface area contributed by atoms with Gasteiger partial charge in [0.15, 0.2) is 0 Å². The summed E-state index contributed by atoms with van der Waals surface area (Å²) in [6.07, 6.45) is 2.51. The Morgan fingerprint density at radius 3 is 2.82 bits per heavy atom. The van der Waals surface area contributed by atoms with Crippen molar-refractivity contribution in [1.29, 1.82) is 0 Å². The topological polar surface area (TPSA) is 84.1 Å². The molecule has 7 heteroatoms. The SMILES string of the molecule is CC(CNC(=O)c1nnc(N)s1)N1CCCC1. The zero-order valence-corrected chi connectivity index (χ0v) is 10.7. The number of aromatic nitrogens is 2. The van der Waals surface area contributed by atoms with Crippen LogP contribution in [0.25, 0.3) is 0 Å². The molecule has 1 aliphatic heterocycles. The van der Waals surface area contributed by atoms with Gasteiger partial charge in [-0.2, -0.15) is 0 Å². The first-order valence-corrected chi connectivity index (χ1v) is 6.59. The largest absolute Gasteiger partial charge is 0.374 e. The van der Waals surface area contributed by atoms with Gasteiger partial charge in [-0.05, 0) is 32.9 Å². The van der Waals surface area contributed by atoms with Gasteiger partial charge < -0.3 is 11.1 Å². The predicted octanol–water partition coefficient (Wildman–Crippen LogP) is 0.334. The van der Waals surface area contributed by atoms with E-state index in [1.165, 1.54) is 12.8 Å². The second kappa shape index (κ2) is 5.42. The molecule has 1 aliphatic rings. The highest BCUT2D eigenvalue weighted by atomic mass is 32.1. The summed E-state index contributed by atoms with van der Waals surface area (Å²) in [5, 5.41) is 10.8. The smallest absolute Gasteiger partial charge is 0.282 e. The quantitative estimate of drug-likeness (QED) is 0.810. The standard InChI is InChI=1S/C10H17N5OS/c1-7(15-4-2-3-5-15)6-12-8(16)9-13-14-10(11)17-9/h7H,2-6H2,1H3,(H2,11,14)(H,12,16). The lowest BCUT2D eigenvalue weighted by molar-refractivity contribution is 0.0939. The fraction of sp³-hybridized carbons (Fsp3) is 0.700. The van der Waals surface area contributed by atoms with Gasteiger partial charge in [-0.1, -0.05) is 11.3 Å². The van der Waals surface area contributed by atoms with Gasteiger partial charge in [-0.15, -0.1) is 10.2 Å². The third-order valence-corrected chi connectivity index (χ3v) is 3.71. The number of carbonyl (C=O) groups excluding carboxylic acids is 1.